The first-order valence-electron chi connectivity index (χ1n) is 8.56. The van der Waals surface area contributed by atoms with Crippen LogP contribution in [-0.2, 0) is 22.7 Å². The van der Waals surface area contributed by atoms with E-state index in [0.29, 0.717) is 0 Å². The van der Waals surface area contributed by atoms with Crippen LogP contribution < -0.4 is 0 Å². The van der Waals surface area contributed by atoms with Crippen molar-refractivity contribution < 1.29 is 4.53 Å². The number of nitrogens with zero attached hydrogens (tertiary/aromatic N) is 1. The summed E-state index contributed by atoms with van der Waals surface area (Å²) in [5, 5.41) is 3.91. The normalized spacial score (nSPS) is 11.0. The van der Waals surface area contributed by atoms with Crippen molar-refractivity contribution in [3.63, 3.8) is 0 Å². The first kappa shape index (κ1) is 17.2. The fourth-order valence-corrected chi connectivity index (χ4v) is 7.11. The zero-order valence-corrected chi connectivity index (χ0v) is 15.3. The van der Waals surface area contributed by atoms with Gasteiger partial charge in [0.05, 0.1) is 0 Å². The number of hydrogen-bond acceptors (Lipinski definition) is 2. The maximum Gasteiger partial charge on any atom is 0.300 e. The van der Waals surface area contributed by atoms with Gasteiger partial charge in [-0.1, -0.05) is 91.0 Å². The highest BCUT2D eigenvalue weighted by molar-refractivity contribution is 6.72. The van der Waals surface area contributed by atoms with Crippen LogP contribution in [0.5, 0.6) is 0 Å². The van der Waals surface area contributed by atoms with Gasteiger partial charge in [0.15, 0.2) is 0 Å². The Bertz CT molecular complexity index is 673. The summed E-state index contributed by atoms with van der Waals surface area (Å²) >= 11 is 0. The van der Waals surface area contributed by atoms with Crippen LogP contribution in [0.3, 0.4) is 0 Å². The molecule has 0 spiro atoms. The van der Waals surface area contributed by atoms with E-state index in [9.17, 15) is 0 Å². The van der Waals surface area contributed by atoms with E-state index >= 15 is 0 Å². The van der Waals surface area contributed by atoms with Crippen LogP contribution in [0, 0.1) is 0 Å². The van der Waals surface area contributed by atoms with E-state index in [-0.39, 0.29) is 0 Å². The summed E-state index contributed by atoms with van der Waals surface area (Å²) in [6.45, 7) is 3.63. The second kappa shape index (κ2) is 8.45. The summed E-state index contributed by atoms with van der Waals surface area (Å²) < 4.78 is 6.09. The van der Waals surface area contributed by atoms with Gasteiger partial charge in [-0.15, -0.1) is 5.16 Å². The van der Waals surface area contributed by atoms with Crippen LogP contribution in [0.2, 0.25) is 0 Å². The fraction of sp³-hybridized carbons (Fsp3) is 0.136. The summed E-state index contributed by atoms with van der Waals surface area (Å²) in [7, 11) is -2.25. The van der Waals surface area contributed by atoms with E-state index in [1.807, 2.05) is 18.2 Å². The largest absolute Gasteiger partial charge is 0.454 e. The lowest BCUT2D eigenvalue weighted by atomic mass is 10.2. The topological polar surface area (TPSA) is 21.6 Å². The molecule has 0 fully saturated rings. The maximum absolute atomic E-state index is 6.09. The second-order valence-corrected chi connectivity index (χ2v) is 10.00. The van der Waals surface area contributed by atoms with Crippen LogP contribution in [0.25, 0.3) is 0 Å². The predicted octanol–water partition coefficient (Wildman–Crippen LogP) is 4.91. The molecule has 3 rings (SSSR count). The van der Waals surface area contributed by atoms with Gasteiger partial charge in [-0.05, 0) is 16.7 Å². The molecule has 0 N–H and O–H groups in total. The molecule has 0 saturated carbocycles. The number of hydrogen-bond donors (Lipinski definition) is 0. The van der Waals surface area contributed by atoms with Gasteiger partial charge in [0.25, 0.3) is 8.32 Å². The average Bonchev–Trinajstić information content (AvgIpc) is 2.64. The molecule has 0 atom stereocenters. The highest BCUT2D eigenvalue weighted by Gasteiger charge is 2.38. The van der Waals surface area contributed by atoms with Gasteiger partial charge in [0, 0.05) is 24.8 Å². The number of benzene rings is 3. The zero-order valence-electron chi connectivity index (χ0n) is 14.3. The van der Waals surface area contributed by atoms with Gasteiger partial charge in [-0.2, -0.15) is 0 Å². The summed E-state index contributed by atoms with van der Waals surface area (Å²) in [5.74, 6) is 0. The second-order valence-electron chi connectivity index (χ2n) is 6.39. The molecular weight excluding hydrogens is 322 g/mol. The minimum Gasteiger partial charge on any atom is -0.454 e. The molecule has 0 aliphatic heterocycles. The van der Waals surface area contributed by atoms with Crippen LogP contribution in [0.1, 0.15) is 16.7 Å². The summed E-state index contributed by atoms with van der Waals surface area (Å²) in [6, 6.07) is 34.4. The molecule has 126 valence electrons. The van der Waals surface area contributed by atoms with E-state index in [0.717, 1.165) is 18.1 Å². The Balaban J connectivity index is 1.95. The van der Waals surface area contributed by atoms with Gasteiger partial charge in [0.1, 0.15) is 0 Å². The van der Waals surface area contributed by atoms with Crippen molar-refractivity contribution >= 4 is 15.0 Å². The highest BCUT2D eigenvalue weighted by atomic mass is 28.4. The molecule has 0 saturated heterocycles. The summed E-state index contributed by atoms with van der Waals surface area (Å²) in [5.41, 5.74) is 3.89. The van der Waals surface area contributed by atoms with Crippen molar-refractivity contribution in [1.29, 1.82) is 0 Å². The Kier molecular flexibility index (Phi) is 5.80. The van der Waals surface area contributed by atoms with Gasteiger partial charge < -0.3 is 4.53 Å². The number of oxime groups is 1. The van der Waals surface area contributed by atoms with Gasteiger partial charge in [-0.25, -0.2) is 0 Å². The SMILES string of the molecule is C=NO[Si](Cc1ccccc1)(Cc1ccccc1)Cc1ccccc1. The minimum absolute atomic E-state index is 0.913. The highest BCUT2D eigenvalue weighted by Crippen LogP contribution is 2.24. The third-order valence-corrected chi connectivity index (χ3v) is 8.04. The molecule has 0 radical (unpaired) electrons. The minimum atomic E-state index is -2.25. The molecule has 0 aromatic heterocycles. The smallest absolute Gasteiger partial charge is 0.300 e. The average molecular weight is 346 g/mol. The van der Waals surface area contributed by atoms with Crippen molar-refractivity contribution in [2.75, 3.05) is 0 Å². The molecule has 0 amide bonds. The Hall–Kier alpha value is -2.65. The quantitative estimate of drug-likeness (QED) is 0.323. The summed E-state index contributed by atoms with van der Waals surface area (Å²) in [6.07, 6.45) is 0. The standard InChI is InChI=1S/C22H23NOSi/c1-23-24-25(17-20-11-5-2-6-12-20,18-21-13-7-3-8-14-21)19-22-15-9-4-10-16-22/h2-16H,1,17-19H2. The van der Waals surface area contributed by atoms with E-state index < -0.39 is 8.32 Å². The van der Waals surface area contributed by atoms with Crippen LogP contribution in [0.15, 0.2) is 96.2 Å². The van der Waals surface area contributed by atoms with Gasteiger partial charge in [0.2, 0.25) is 0 Å². The Morgan fingerprint density at radius 1 is 0.600 bits per heavy atom. The summed E-state index contributed by atoms with van der Waals surface area (Å²) in [4.78, 5) is 0. The molecule has 3 aromatic carbocycles. The van der Waals surface area contributed by atoms with E-state index in [1.165, 1.54) is 16.7 Å². The van der Waals surface area contributed by atoms with Gasteiger partial charge in [-0.3, -0.25) is 0 Å². The van der Waals surface area contributed by atoms with Crippen molar-refractivity contribution in [3.05, 3.63) is 108 Å². The zero-order chi connectivity index (χ0) is 17.4. The molecular formula is C22H23NOSi. The van der Waals surface area contributed by atoms with Crippen molar-refractivity contribution in [2.45, 2.75) is 18.1 Å². The Morgan fingerprint density at radius 2 is 0.920 bits per heavy atom. The van der Waals surface area contributed by atoms with Gasteiger partial charge >= 0.3 is 0 Å². The lowest BCUT2D eigenvalue weighted by molar-refractivity contribution is 0.321. The Morgan fingerprint density at radius 3 is 1.20 bits per heavy atom. The number of rotatable bonds is 8. The molecule has 0 unspecified atom stereocenters. The fourth-order valence-electron chi connectivity index (χ4n) is 3.32. The molecule has 0 heterocycles. The third kappa shape index (κ3) is 4.91. The lowest BCUT2D eigenvalue weighted by Gasteiger charge is -2.29. The van der Waals surface area contributed by atoms with E-state index in [2.05, 4.69) is 84.7 Å². The molecule has 0 aliphatic rings. The van der Waals surface area contributed by atoms with E-state index in [4.69, 9.17) is 4.53 Å². The maximum atomic E-state index is 6.09. The molecule has 0 bridgehead atoms. The predicted molar refractivity (Wildman–Crippen MR) is 107 cm³/mol. The van der Waals surface area contributed by atoms with Crippen molar-refractivity contribution in [3.8, 4) is 0 Å². The van der Waals surface area contributed by atoms with Crippen molar-refractivity contribution in [2.24, 2.45) is 5.16 Å². The monoisotopic (exact) mass is 345 g/mol. The Labute approximate surface area is 150 Å². The molecule has 25 heavy (non-hydrogen) atoms. The van der Waals surface area contributed by atoms with Crippen LogP contribution in [0.4, 0.5) is 0 Å². The van der Waals surface area contributed by atoms with E-state index in [1.54, 1.807) is 0 Å². The molecule has 3 heteroatoms. The third-order valence-electron chi connectivity index (χ3n) is 4.37. The van der Waals surface area contributed by atoms with Crippen LogP contribution in [-0.4, -0.2) is 15.0 Å². The van der Waals surface area contributed by atoms with Crippen molar-refractivity contribution in [1.82, 2.24) is 0 Å². The molecule has 0 aliphatic carbocycles. The molecule has 3 aromatic rings. The van der Waals surface area contributed by atoms with Crippen LogP contribution >= 0.6 is 0 Å². The first-order valence-corrected chi connectivity index (χ1v) is 11.1. The lowest BCUT2D eigenvalue weighted by Crippen LogP contribution is -2.46. The molecule has 2 nitrogen and oxygen atoms in total. The first-order chi connectivity index (χ1) is 12.3.